The normalized spacial score (nSPS) is 14.6. The molecule has 4 rings (SSSR count). The smallest absolute Gasteiger partial charge is 0.246 e. The van der Waals surface area contributed by atoms with Crippen molar-refractivity contribution >= 4 is 17.9 Å². The summed E-state index contributed by atoms with van der Waals surface area (Å²) >= 11 is 0. The second-order valence-electron chi connectivity index (χ2n) is 8.03. The van der Waals surface area contributed by atoms with Crippen LogP contribution in [-0.2, 0) is 16.1 Å². The summed E-state index contributed by atoms with van der Waals surface area (Å²) in [7, 11) is 1.66. The lowest BCUT2D eigenvalue weighted by atomic mass is 9.96. The first-order chi connectivity index (χ1) is 15.6. The molecule has 0 saturated carbocycles. The highest BCUT2D eigenvalue weighted by Gasteiger charge is 2.25. The third-order valence-electron chi connectivity index (χ3n) is 5.85. The standard InChI is InChI=1S/C26H28N4O2/c1-27-26(32)22-14-16-29(17-15-22)24(31)13-12-23-19-30(18-20-8-4-2-5-9-20)28-25(23)21-10-6-3-7-11-21/h2-13,19,22H,14-18H2,1H3,(H,27,32)/b13-12+. The second-order valence-corrected chi connectivity index (χ2v) is 8.03. The second kappa shape index (κ2) is 10.1. The highest BCUT2D eigenvalue weighted by Crippen LogP contribution is 2.24. The zero-order valence-corrected chi connectivity index (χ0v) is 18.3. The van der Waals surface area contributed by atoms with Crippen LogP contribution in [0.25, 0.3) is 17.3 Å². The molecule has 0 radical (unpaired) electrons. The quantitative estimate of drug-likeness (QED) is 0.610. The molecule has 2 amide bonds. The predicted octanol–water partition coefficient (Wildman–Crippen LogP) is 3.60. The van der Waals surface area contributed by atoms with Gasteiger partial charge in [-0.25, -0.2) is 0 Å². The van der Waals surface area contributed by atoms with Crippen molar-refractivity contribution in [1.29, 1.82) is 0 Å². The molecule has 1 saturated heterocycles. The molecule has 1 fully saturated rings. The van der Waals surface area contributed by atoms with E-state index in [2.05, 4.69) is 17.4 Å². The summed E-state index contributed by atoms with van der Waals surface area (Å²) in [5.41, 5.74) is 3.93. The molecule has 0 spiro atoms. The Morgan fingerprint density at radius 3 is 2.34 bits per heavy atom. The number of nitrogens with one attached hydrogen (secondary N) is 1. The van der Waals surface area contributed by atoms with E-state index in [4.69, 9.17) is 5.10 Å². The van der Waals surface area contributed by atoms with Crippen LogP contribution >= 0.6 is 0 Å². The van der Waals surface area contributed by atoms with E-state index in [9.17, 15) is 9.59 Å². The third-order valence-corrected chi connectivity index (χ3v) is 5.85. The zero-order valence-electron chi connectivity index (χ0n) is 18.3. The van der Waals surface area contributed by atoms with Gasteiger partial charge in [-0.2, -0.15) is 5.10 Å². The molecule has 1 aliphatic heterocycles. The van der Waals surface area contributed by atoms with Crippen LogP contribution < -0.4 is 5.32 Å². The number of carbonyl (C=O) groups is 2. The molecule has 2 aromatic carbocycles. The average molecular weight is 429 g/mol. The third kappa shape index (κ3) is 5.14. The lowest BCUT2D eigenvalue weighted by molar-refractivity contribution is -0.131. The van der Waals surface area contributed by atoms with Gasteiger partial charge in [0.1, 0.15) is 0 Å². The summed E-state index contributed by atoms with van der Waals surface area (Å²) in [5, 5.41) is 7.50. The number of aromatic nitrogens is 2. The Morgan fingerprint density at radius 2 is 1.69 bits per heavy atom. The minimum Gasteiger partial charge on any atom is -0.359 e. The zero-order chi connectivity index (χ0) is 22.3. The monoisotopic (exact) mass is 428 g/mol. The van der Waals surface area contributed by atoms with E-state index < -0.39 is 0 Å². The highest BCUT2D eigenvalue weighted by molar-refractivity contribution is 5.93. The van der Waals surface area contributed by atoms with Crippen LogP contribution in [-0.4, -0.2) is 46.6 Å². The molecule has 0 unspecified atom stereocenters. The Balaban J connectivity index is 1.51. The van der Waals surface area contributed by atoms with E-state index >= 15 is 0 Å². The first-order valence-electron chi connectivity index (χ1n) is 11.0. The summed E-state index contributed by atoms with van der Waals surface area (Å²) in [5.74, 6) is 0.0232. The van der Waals surface area contributed by atoms with Crippen molar-refractivity contribution in [2.24, 2.45) is 5.92 Å². The van der Waals surface area contributed by atoms with Crippen molar-refractivity contribution in [1.82, 2.24) is 20.0 Å². The van der Waals surface area contributed by atoms with Crippen LogP contribution in [0.3, 0.4) is 0 Å². The fourth-order valence-corrected chi connectivity index (χ4v) is 4.06. The van der Waals surface area contributed by atoms with Gasteiger partial charge in [0, 0.05) is 49.5 Å². The first-order valence-corrected chi connectivity index (χ1v) is 11.0. The summed E-state index contributed by atoms with van der Waals surface area (Å²) in [6, 6.07) is 20.2. The van der Waals surface area contributed by atoms with Crippen LogP contribution in [0, 0.1) is 5.92 Å². The van der Waals surface area contributed by atoms with Crippen molar-refractivity contribution in [2.75, 3.05) is 20.1 Å². The van der Waals surface area contributed by atoms with Gasteiger partial charge in [0.25, 0.3) is 0 Å². The number of nitrogens with zero attached hydrogens (tertiary/aromatic N) is 3. The molecular weight excluding hydrogens is 400 g/mol. The molecule has 6 heteroatoms. The lowest BCUT2D eigenvalue weighted by Crippen LogP contribution is -2.41. The SMILES string of the molecule is CNC(=O)C1CCN(C(=O)/C=C/c2cn(Cc3ccccc3)nc2-c2ccccc2)CC1. The average Bonchev–Trinajstić information content (AvgIpc) is 3.25. The minimum atomic E-state index is -0.0322. The molecule has 0 bridgehead atoms. The highest BCUT2D eigenvalue weighted by atomic mass is 16.2. The van der Waals surface area contributed by atoms with Gasteiger partial charge < -0.3 is 10.2 Å². The predicted molar refractivity (Wildman–Crippen MR) is 126 cm³/mol. The molecule has 1 aliphatic rings. The van der Waals surface area contributed by atoms with Gasteiger partial charge in [0.05, 0.1) is 12.2 Å². The molecule has 1 N–H and O–H groups in total. The Hall–Kier alpha value is -3.67. The number of piperidine rings is 1. The maximum absolute atomic E-state index is 12.8. The number of hydrogen-bond acceptors (Lipinski definition) is 3. The van der Waals surface area contributed by atoms with Crippen LogP contribution in [0.15, 0.2) is 72.9 Å². The maximum atomic E-state index is 12.8. The molecule has 0 atom stereocenters. The number of amides is 2. The summed E-state index contributed by atoms with van der Waals surface area (Å²) in [4.78, 5) is 26.4. The van der Waals surface area contributed by atoms with Crippen LogP contribution in [0.5, 0.6) is 0 Å². The lowest BCUT2D eigenvalue weighted by Gasteiger charge is -2.30. The number of carbonyl (C=O) groups excluding carboxylic acids is 2. The van der Waals surface area contributed by atoms with Gasteiger partial charge in [0.2, 0.25) is 11.8 Å². The maximum Gasteiger partial charge on any atom is 0.246 e. The number of benzene rings is 2. The van der Waals surface area contributed by atoms with Gasteiger partial charge in [-0.15, -0.1) is 0 Å². The number of rotatable bonds is 6. The van der Waals surface area contributed by atoms with Crippen LogP contribution in [0.4, 0.5) is 0 Å². The van der Waals surface area contributed by atoms with Gasteiger partial charge >= 0.3 is 0 Å². The Kier molecular flexibility index (Phi) is 6.80. The molecule has 0 aliphatic carbocycles. The molecule has 3 aromatic rings. The topological polar surface area (TPSA) is 67.2 Å². The van der Waals surface area contributed by atoms with Gasteiger partial charge in [0.15, 0.2) is 0 Å². The molecule has 32 heavy (non-hydrogen) atoms. The number of likely N-dealkylation sites (tertiary alicyclic amines) is 1. The van der Waals surface area contributed by atoms with E-state index in [1.165, 1.54) is 5.56 Å². The Labute approximate surface area is 188 Å². The largest absolute Gasteiger partial charge is 0.359 e. The Morgan fingerprint density at radius 1 is 1.03 bits per heavy atom. The van der Waals surface area contributed by atoms with E-state index in [0.29, 0.717) is 32.5 Å². The molecular formula is C26H28N4O2. The van der Waals surface area contributed by atoms with Crippen molar-refractivity contribution in [3.05, 3.63) is 84.1 Å². The van der Waals surface area contributed by atoms with E-state index in [-0.39, 0.29) is 17.7 Å². The van der Waals surface area contributed by atoms with Crippen molar-refractivity contribution in [2.45, 2.75) is 19.4 Å². The molecule has 2 heterocycles. The van der Waals surface area contributed by atoms with Gasteiger partial charge in [-0.3, -0.25) is 14.3 Å². The van der Waals surface area contributed by atoms with Gasteiger partial charge in [-0.1, -0.05) is 60.7 Å². The number of hydrogen-bond donors (Lipinski definition) is 1. The van der Waals surface area contributed by atoms with E-state index in [1.54, 1.807) is 13.1 Å². The van der Waals surface area contributed by atoms with Crippen molar-refractivity contribution in [3.63, 3.8) is 0 Å². The summed E-state index contributed by atoms with van der Waals surface area (Å²) in [6.07, 6.45) is 6.85. The minimum absolute atomic E-state index is 0.00562. The fourth-order valence-electron chi connectivity index (χ4n) is 4.06. The molecule has 6 nitrogen and oxygen atoms in total. The van der Waals surface area contributed by atoms with Crippen LogP contribution in [0.2, 0.25) is 0 Å². The van der Waals surface area contributed by atoms with Crippen molar-refractivity contribution < 1.29 is 9.59 Å². The molecule has 164 valence electrons. The molecule has 1 aromatic heterocycles. The summed E-state index contributed by atoms with van der Waals surface area (Å²) in [6.45, 7) is 1.86. The van der Waals surface area contributed by atoms with Crippen LogP contribution in [0.1, 0.15) is 24.0 Å². The van der Waals surface area contributed by atoms with E-state index in [0.717, 1.165) is 16.8 Å². The fraction of sp³-hybridized carbons (Fsp3) is 0.269. The Bertz CT molecular complexity index is 1080. The van der Waals surface area contributed by atoms with Crippen molar-refractivity contribution in [3.8, 4) is 11.3 Å². The van der Waals surface area contributed by atoms with Gasteiger partial charge in [-0.05, 0) is 24.5 Å². The van der Waals surface area contributed by atoms with E-state index in [1.807, 2.05) is 70.4 Å². The summed E-state index contributed by atoms with van der Waals surface area (Å²) < 4.78 is 1.91. The first kappa shape index (κ1) is 21.6.